The van der Waals surface area contributed by atoms with Crippen molar-refractivity contribution in [2.45, 2.75) is 38.6 Å². The number of likely N-dealkylation sites (N-methyl/N-ethyl adjacent to an activating group) is 1. The van der Waals surface area contributed by atoms with Gasteiger partial charge in [0.25, 0.3) is 5.91 Å². The van der Waals surface area contributed by atoms with E-state index in [1.54, 1.807) is 12.1 Å². The van der Waals surface area contributed by atoms with Crippen molar-refractivity contribution in [3.05, 3.63) is 50.7 Å². The molecule has 2 aromatic rings. The molecule has 0 saturated carbocycles. The largest absolute Gasteiger partial charge is 0.481 e. The molecule has 2 amide bonds. The first kappa shape index (κ1) is 24.8. The summed E-state index contributed by atoms with van der Waals surface area (Å²) in [5.41, 5.74) is 2.97. The summed E-state index contributed by atoms with van der Waals surface area (Å²) in [6.07, 6.45) is 1.47. The van der Waals surface area contributed by atoms with Crippen LogP contribution in [-0.2, 0) is 22.4 Å². The number of benzene rings is 1. The van der Waals surface area contributed by atoms with Crippen molar-refractivity contribution in [3.63, 3.8) is 0 Å². The quantitative estimate of drug-likeness (QED) is 0.470. The number of halogens is 1. The van der Waals surface area contributed by atoms with Crippen LogP contribution in [0.15, 0.2) is 30.3 Å². The van der Waals surface area contributed by atoms with Crippen molar-refractivity contribution in [2.24, 2.45) is 0 Å². The van der Waals surface area contributed by atoms with Gasteiger partial charge >= 0.3 is 5.97 Å². The summed E-state index contributed by atoms with van der Waals surface area (Å²) in [6, 6.07) is 7.93. The first-order valence-electron chi connectivity index (χ1n) is 10.0. The van der Waals surface area contributed by atoms with Crippen molar-refractivity contribution in [1.29, 1.82) is 0 Å². The third-order valence-electron chi connectivity index (χ3n) is 4.75. The normalized spacial score (nSPS) is 11.9. The molecular weight excluding hydrogens is 438 g/mol. The minimum Gasteiger partial charge on any atom is -0.481 e. The number of rotatable bonds is 11. The van der Waals surface area contributed by atoms with E-state index in [2.05, 4.69) is 22.5 Å². The minimum atomic E-state index is -1.04. The van der Waals surface area contributed by atoms with Gasteiger partial charge in [0.1, 0.15) is 6.04 Å². The molecule has 7 nitrogen and oxygen atoms in total. The maximum Gasteiger partial charge on any atom is 0.303 e. The fourth-order valence-electron chi connectivity index (χ4n) is 3.05. The fraction of sp³-hybridized carbons (Fsp3) is 0.409. The van der Waals surface area contributed by atoms with E-state index in [-0.39, 0.29) is 12.8 Å². The number of hydrogen-bond donors (Lipinski definition) is 3. The van der Waals surface area contributed by atoms with E-state index in [9.17, 15) is 14.4 Å². The van der Waals surface area contributed by atoms with Gasteiger partial charge in [-0.1, -0.05) is 24.6 Å². The maximum absolute atomic E-state index is 12.8. The molecule has 31 heavy (non-hydrogen) atoms. The smallest absolute Gasteiger partial charge is 0.303 e. The van der Waals surface area contributed by atoms with Crippen LogP contribution in [0.4, 0.5) is 5.69 Å². The van der Waals surface area contributed by atoms with Crippen molar-refractivity contribution in [1.82, 2.24) is 10.2 Å². The molecule has 1 unspecified atom stereocenters. The lowest BCUT2D eigenvalue weighted by Gasteiger charge is -2.19. The lowest BCUT2D eigenvalue weighted by atomic mass is 10.0. The lowest BCUT2D eigenvalue weighted by molar-refractivity contribution is -0.137. The van der Waals surface area contributed by atoms with Crippen LogP contribution in [0.2, 0.25) is 4.34 Å². The van der Waals surface area contributed by atoms with E-state index >= 15 is 0 Å². The molecule has 1 heterocycles. The fourth-order valence-corrected chi connectivity index (χ4v) is 4.00. The molecule has 0 aliphatic carbocycles. The number of carboxylic acid groups (broad SMARTS) is 1. The Kier molecular flexibility index (Phi) is 9.48. The van der Waals surface area contributed by atoms with Gasteiger partial charge in [0.05, 0.1) is 9.21 Å². The van der Waals surface area contributed by atoms with E-state index in [0.717, 1.165) is 36.3 Å². The van der Waals surface area contributed by atoms with Crippen LogP contribution in [-0.4, -0.2) is 54.5 Å². The van der Waals surface area contributed by atoms with Gasteiger partial charge in [-0.2, -0.15) is 0 Å². The second-order valence-electron chi connectivity index (χ2n) is 7.44. The lowest BCUT2D eigenvalue weighted by Crippen LogP contribution is -2.44. The number of carbonyl (C=O) groups is 3. The predicted molar refractivity (Wildman–Crippen MR) is 124 cm³/mol. The number of carbonyl (C=O) groups excluding carboxylic acids is 2. The molecule has 9 heteroatoms. The van der Waals surface area contributed by atoms with Crippen LogP contribution in [0.5, 0.6) is 0 Å². The minimum absolute atomic E-state index is 0.0203. The van der Waals surface area contributed by atoms with Crippen LogP contribution < -0.4 is 10.6 Å². The summed E-state index contributed by atoms with van der Waals surface area (Å²) in [4.78, 5) is 38.8. The zero-order chi connectivity index (χ0) is 23.0. The number of anilines is 1. The molecule has 0 spiro atoms. The van der Waals surface area contributed by atoms with Gasteiger partial charge < -0.3 is 20.6 Å². The SMILES string of the molecule is CCc1cc(NC(=O)C(CCC(=O)O)NC(=O)c2ccc(Cl)s2)ccc1CCN(C)C. The van der Waals surface area contributed by atoms with E-state index in [0.29, 0.717) is 14.9 Å². The Balaban J connectivity index is 2.12. The topological polar surface area (TPSA) is 98.7 Å². The zero-order valence-electron chi connectivity index (χ0n) is 17.9. The summed E-state index contributed by atoms with van der Waals surface area (Å²) < 4.78 is 0.457. The number of amides is 2. The molecule has 168 valence electrons. The van der Waals surface area contributed by atoms with Gasteiger partial charge in [-0.25, -0.2) is 0 Å². The third-order valence-corrected chi connectivity index (χ3v) is 5.98. The van der Waals surface area contributed by atoms with Crippen molar-refractivity contribution in [3.8, 4) is 0 Å². The molecular formula is C22H28ClN3O4S. The van der Waals surface area contributed by atoms with Crippen LogP contribution >= 0.6 is 22.9 Å². The first-order chi connectivity index (χ1) is 14.7. The average molecular weight is 466 g/mol. The molecule has 0 bridgehead atoms. The predicted octanol–water partition coefficient (Wildman–Crippen LogP) is 3.67. The van der Waals surface area contributed by atoms with E-state index in [1.807, 2.05) is 32.3 Å². The van der Waals surface area contributed by atoms with Crippen molar-refractivity contribution < 1.29 is 19.5 Å². The number of nitrogens with zero attached hydrogens (tertiary/aromatic N) is 1. The zero-order valence-corrected chi connectivity index (χ0v) is 19.5. The number of nitrogens with one attached hydrogen (secondary N) is 2. The van der Waals surface area contributed by atoms with Gasteiger partial charge in [0, 0.05) is 18.7 Å². The summed E-state index contributed by atoms with van der Waals surface area (Å²) in [6.45, 7) is 2.98. The van der Waals surface area contributed by atoms with Gasteiger partial charge in [-0.05, 0) is 68.8 Å². The molecule has 1 aromatic carbocycles. The van der Waals surface area contributed by atoms with Gasteiger partial charge in [0.15, 0.2) is 0 Å². The summed E-state index contributed by atoms with van der Waals surface area (Å²) in [5.74, 6) is -1.96. The van der Waals surface area contributed by atoms with Crippen LogP contribution in [0, 0.1) is 0 Å². The summed E-state index contributed by atoms with van der Waals surface area (Å²) in [5, 5.41) is 14.5. The Morgan fingerprint density at radius 3 is 2.48 bits per heavy atom. The molecule has 0 aliphatic heterocycles. The van der Waals surface area contributed by atoms with Crippen molar-refractivity contribution in [2.75, 3.05) is 26.0 Å². The molecule has 1 atom stereocenters. The Bertz CT molecular complexity index is 929. The average Bonchev–Trinajstić information content (AvgIpc) is 3.15. The number of carboxylic acids is 1. The third kappa shape index (κ3) is 7.97. The molecule has 0 radical (unpaired) electrons. The first-order valence-corrected chi connectivity index (χ1v) is 11.2. The highest BCUT2D eigenvalue weighted by molar-refractivity contribution is 7.18. The molecule has 2 rings (SSSR count). The number of aryl methyl sites for hydroxylation is 1. The number of hydrogen-bond acceptors (Lipinski definition) is 5. The van der Waals surface area contributed by atoms with E-state index in [4.69, 9.17) is 16.7 Å². The summed E-state index contributed by atoms with van der Waals surface area (Å²) >= 11 is 6.97. The van der Waals surface area contributed by atoms with Gasteiger partial charge in [-0.15, -0.1) is 11.3 Å². The Hall–Kier alpha value is -2.42. The van der Waals surface area contributed by atoms with E-state index in [1.165, 1.54) is 5.56 Å². The highest BCUT2D eigenvalue weighted by Crippen LogP contribution is 2.22. The molecule has 0 saturated heterocycles. The molecule has 1 aromatic heterocycles. The van der Waals surface area contributed by atoms with Crippen molar-refractivity contribution >= 4 is 46.4 Å². The Morgan fingerprint density at radius 2 is 1.90 bits per heavy atom. The van der Waals surface area contributed by atoms with Gasteiger partial charge in [-0.3, -0.25) is 14.4 Å². The number of thiophene rings is 1. The van der Waals surface area contributed by atoms with Crippen LogP contribution in [0.25, 0.3) is 0 Å². The second-order valence-corrected chi connectivity index (χ2v) is 9.16. The van der Waals surface area contributed by atoms with Gasteiger partial charge in [0.2, 0.25) is 5.91 Å². The molecule has 3 N–H and O–H groups in total. The Labute approximate surface area is 191 Å². The maximum atomic E-state index is 12.8. The highest BCUT2D eigenvalue weighted by Gasteiger charge is 2.23. The van der Waals surface area contributed by atoms with E-state index < -0.39 is 23.8 Å². The van der Waals surface area contributed by atoms with Crippen LogP contribution in [0.1, 0.15) is 40.6 Å². The monoisotopic (exact) mass is 465 g/mol. The molecule has 0 fully saturated rings. The summed E-state index contributed by atoms with van der Waals surface area (Å²) in [7, 11) is 4.05. The second kappa shape index (κ2) is 11.8. The Morgan fingerprint density at radius 1 is 1.16 bits per heavy atom. The molecule has 0 aliphatic rings. The van der Waals surface area contributed by atoms with Crippen LogP contribution in [0.3, 0.4) is 0 Å². The standard InChI is InChI=1S/C22H28ClN3O4S/c1-4-14-13-16(6-5-15(14)11-12-26(2)3)24-21(29)17(7-10-20(27)28)25-22(30)18-8-9-19(23)31-18/h5-6,8-9,13,17H,4,7,10-12H2,1-3H3,(H,24,29)(H,25,30)(H,27,28). The number of aliphatic carboxylic acids is 1. The highest BCUT2D eigenvalue weighted by atomic mass is 35.5.